The Labute approximate surface area is 110 Å². The third-order valence-corrected chi connectivity index (χ3v) is 2.89. The summed E-state index contributed by atoms with van der Waals surface area (Å²) in [5.74, 6) is 0.894. The topological polar surface area (TPSA) is 41.7 Å². The molecule has 0 amide bonds. The van der Waals surface area contributed by atoms with Crippen LogP contribution in [0.3, 0.4) is 0 Å². The van der Waals surface area contributed by atoms with Crippen LogP contribution in [0.1, 0.15) is 6.42 Å². The van der Waals surface area contributed by atoms with Gasteiger partial charge in [0, 0.05) is 25.3 Å². The molecule has 0 saturated carbocycles. The van der Waals surface area contributed by atoms with Crippen molar-refractivity contribution in [1.29, 1.82) is 0 Å². The first-order valence-corrected chi connectivity index (χ1v) is 6.41. The van der Waals surface area contributed by atoms with E-state index in [1.807, 2.05) is 12.1 Å². The van der Waals surface area contributed by atoms with E-state index < -0.39 is 0 Å². The Morgan fingerprint density at radius 2 is 1.72 bits per heavy atom. The molecule has 1 aromatic rings. The maximum absolute atomic E-state index is 5.60. The molecule has 0 spiro atoms. The maximum Gasteiger partial charge on any atom is 0.119 e. The van der Waals surface area contributed by atoms with Gasteiger partial charge in [0.1, 0.15) is 5.75 Å². The lowest BCUT2D eigenvalue weighted by molar-refractivity contribution is 0.411. The number of benzene rings is 1. The first-order valence-electron chi connectivity index (χ1n) is 6.41. The van der Waals surface area contributed by atoms with E-state index in [9.17, 15) is 0 Å². The average molecular weight is 251 g/mol. The predicted octanol–water partition coefficient (Wildman–Crippen LogP) is 1.41. The van der Waals surface area contributed by atoms with Gasteiger partial charge in [-0.05, 0) is 51.3 Å². The van der Waals surface area contributed by atoms with Gasteiger partial charge in [-0.25, -0.2) is 0 Å². The third-order valence-electron chi connectivity index (χ3n) is 2.89. The SMILES string of the molecule is COc1ccc(N(CCCN)CCN(C)C)cc1. The fourth-order valence-corrected chi connectivity index (χ4v) is 1.77. The van der Waals surface area contributed by atoms with Gasteiger partial charge in [0.2, 0.25) is 0 Å². The lowest BCUT2D eigenvalue weighted by atomic mass is 10.2. The molecule has 0 aliphatic carbocycles. The molecule has 0 aliphatic heterocycles. The quantitative estimate of drug-likeness (QED) is 0.758. The van der Waals surface area contributed by atoms with Gasteiger partial charge in [0.15, 0.2) is 0 Å². The summed E-state index contributed by atoms with van der Waals surface area (Å²) < 4.78 is 5.18. The van der Waals surface area contributed by atoms with E-state index in [1.165, 1.54) is 5.69 Å². The van der Waals surface area contributed by atoms with Crippen molar-refractivity contribution < 1.29 is 4.74 Å². The number of methoxy groups -OCH3 is 1. The average Bonchev–Trinajstić information content (AvgIpc) is 2.39. The summed E-state index contributed by atoms with van der Waals surface area (Å²) in [6.07, 6.45) is 1.01. The van der Waals surface area contributed by atoms with Crippen molar-refractivity contribution in [3.05, 3.63) is 24.3 Å². The summed E-state index contributed by atoms with van der Waals surface area (Å²) in [6.45, 7) is 3.78. The molecular formula is C14H25N3O. The Hall–Kier alpha value is -1.26. The van der Waals surface area contributed by atoms with E-state index in [2.05, 4.69) is 36.0 Å². The number of ether oxygens (including phenoxy) is 1. The number of rotatable bonds is 8. The second-order valence-corrected chi connectivity index (χ2v) is 4.63. The summed E-state index contributed by atoms with van der Waals surface area (Å²) in [7, 11) is 5.87. The van der Waals surface area contributed by atoms with Crippen molar-refractivity contribution in [1.82, 2.24) is 4.90 Å². The zero-order valence-electron chi connectivity index (χ0n) is 11.7. The number of hydrogen-bond acceptors (Lipinski definition) is 4. The van der Waals surface area contributed by atoms with Crippen LogP contribution in [0.4, 0.5) is 5.69 Å². The van der Waals surface area contributed by atoms with Crippen LogP contribution in [-0.2, 0) is 0 Å². The van der Waals surface area contributed by atoms with Gasteiger partial charge in [-0.2, -0.15) is 0 Å². The van der Waals surface area contributed by atoms with Crippen LogP contribution >= 0.6 is 0 Å². The number of nitrogens with two attached hydrogens (primary N) is 1. The Balaban J connectivity index is 2.66. The maximum atomic E-state index is 5.60. The minimum absolute atomic E-state index is 0.731. The van der Waals surface area contributed by atoms with Crippen LogP contribution in [0.25, 0.3) is 0 Å². The molecule has 1 aromatic carbocycles. The summed E-state index contributed by atoms with van der Waals surface area (Å²) >= 11 is 0. The fraction of sp³-hybridized carbons (Fsp3) is 0.571. The Kier molecular flexibility index (Phi) is 6.54. The highest BCUT2D eigenvalue weighted by Gasteiger charge is 2.06. The normalized spacial score (nSPS) is 10.7. The lowest BCUT2D eigenvalue weighted by Crippen LogP contribution is -2.33. The highest BCUT2D eigenvalue weighted by Crippen LogP contribution is 2.19. The number of nitrogens with zero attached hydrogens (tertiary/aromatic N) is 2. The lowest BCUT2D eigenvalue weighted by Gasteiger charge is -2.26. The van der Waals surface area contributed by atoms with E-state index in [1.54, 1.807) is 7.11 Å². The number of likely N-dealkylation sites (N-methyl/N-ethyl adjacent to an activating group) is 1. The molecule has 0 atom stereocenters. The van der Waals surface area contributed by atoms with Gasteiger partial charge in [0.25, 0.3) is 0 Å². The van der Waals surface area contributed by atoms with Crippen LogP contribution in [0.2, 0.25) is 0 Å². The zero-order valence-corrected chi connectivity index (χ0v) is 11.7. The summed E-state index contributed by atoms with van der Waals surface area (Å²) in [6, 6.07) is 8.21. The minimum atomic E-state index is 0.731. The molecule has 0 radical (unpaired) electrons. The van der Waals surface area contributed by atoms with Crippen molar-refractivity contribution >= 4 is 5.69 Å². The number of hydrogen-bond donors (Lipinski definition) is 1. The fourth-order valence-electron chi connectivity index (χ4n) is 1.77. The molecule has 0 aromatic heterocycles. The van der Waals surface area contributed by atoms with E-state index in [4.69, 9.17) is 10.5 Å². The van der Waals surface area contributed by atoms with Crippen molar-refractivity contribution in [2.45, 2.75) is 6.42 Å². The molecule has 0 bridgehead atoms. The summed E-state index contributed by atoms with van der Waals surface area (Å²) in [5, 5.41) is 0. The first kappa shape index (κ1) is 14.8. The monoisotopic (exact) mass is 251 g/mol. The molecular weight excluding hydrogens is 226 g/mol. The molecule has 0 fully saturated rings. The van der Waals surface area contributed by atoms with Gasteiger partial charge in [0.05, 0.1) is 7.11 Å². The molecule has 0 heterocycles. The molecule has 102 valence electrons. The largest absolute Gasteiger partial charge is 0.497 e. The van der Waals surface area contributed by atoms with Crippen LogP contribution < -0.4 is 15.4 Å². The third kappa shape index (κ3) is 4.94. The van der Waals surface area contributed by atoms with Crippen LogP contribution in [0.15, 0.2) is 24.3 Å². The van der Waals surface area contributed by atoms with Gasteiger partial charge in [-0.1, -0.05) is 0 Å². The van der Waals surface area contributed by atoms with E-state index in [0.29, 0.717) is 0 Å². The zero-order chi connectivity index (χ0) is 13.4. The molecule has 2 N–H and O–H groups in total. The smallest absolute Gasteiger partial charge is 0.119 e. The molecule has 0 unspecified atom stereocenters. The highest BCUT2D eigenvalue weighted by molar-refractivity contribution is 5.49. The standard InChI is InChI=1S/C14H25N3O/c1-16(2)11-12-17(10-4-9-15)13-5-7-14(18-3)8-6-13/h5-8H,4,9-12,15H2,1-3H3. The molecule has 4 nitrogen and oxygen atoms in total. The van der Waals surface area contributed by atoms with Gasteiger partial charge < -0.3 is 20.3 Å². The van der Waals surface area contributed by atoms with Crippen molar-refractivity contribution in [2.24, 2.45) is 5.73 Å². The Morgan fingerprint density at radius 1 is 1.06 bits per heavy atom. The molecule has 0 saturated heterocycles. The van der Waals surface area contributed by atoms with Crippen LogP contribution in [0, 0.1) is 0 Å². The second-order valence-electron chi connectivity index (χ2n) is 4.63. The van der Waals surface area contributed by atoms with Crippen molar-refractivity contribution in [3.8, 4) is 5.75 Å². The molecule has 1 rings (SSSR count). The predicted molar refractivity (Wildman–Crippen MR) is 77.4 cm³/mol. The van der Waals surface area contributed by atoms with E-state index >= 15 is 0 Å². The van der Waals surface area contributed by atoms with Gasteiger partial charge in [-0.3, -0.25) is 0 Å². The van der Waals surface area contributed by atoms with Crippen molar-refractivity contribution in [2.75, 3.05) is 52.3 Å². The van der Waals surface area contributed by atoms with Crippen LogP contribution in [0.5, 0.6) is 5.75 Å². The molecule has 0 aliphatic rings. The Morgan fingerprint density at radius 3 is 2.22 bits per heavy atom. The first-order chi connectivity index (χ1) is 8.67. The highest BCUT2D eigenvalue weighted by atomic mass is 16.5. The molecule has 4 heteroatoms. The van der Waals surface area contributed by atoms with E-state index in [-0.39, 0.29) is 0 Å². The Bertz CT molecular complexity index is 324. The summed E-state index contributed by atoms with van der Waals surface area (Å²) in [5.41, 5.74) is 6.83. The molecule has 18 heavy (non-hydrogen) atoms. The van der Waals surface area contributed by atoms with E-state index in [0.717, 1.165) is 38.3 Å². The minimum Gasteiger partial charge on any atom is -0.497 e. The number of anilines is 1. The summed E-state index contributed by atoms with van der Waals surface area (Å²) in [4.78, 5) is 4.56. The second kappa shape index (κ2) is 7.95. The van der Waals surface area contributed by atoms with Crippen molar-refractivity contribution in [3.63, 3.8) is 0 Å². The van der Waals surface area contributed by atoms with Crippen LogP contribution in [-0.4, -0.2) is 52.3 Å². The van der Waals surface area contributed by atoms with Gasteiger partial charge in [-0.15, -0.1) is 0 Å². The van der Waals surface area contributed by atoms with Gasteiger partial charge >= 0.3 is 0 Å².